The third-order valence-corrected chi connectivity index (χ3v) is 3.17. The number of hydrogen-bond acceptors (Lipinski definition) is 4. The Morgan fingerprint density at radius 3 is 2.35 bits per heavy atom. The number of carboxylic acids is 1. The lowest BCUT2D eigenvalue weighted by Crippen LogP contribution is -2.08. The Balaban J connectivity index is 2.20. The zero-order chi connectivity index (χ0) is 14.9. The van der Waals surface area contributed by atoms with Crippen molar-refractivity contribution in [3.05, 3.63) is 45.4 Å². The third kappa shape index (κ3) is 2.72. The van der Waals surface area contributed by atoms with Crippen molar-refractivity contribution in [2.24, 2.45) is 0 Å². The summed E-state index contributed by atoms with van der Waals surface area (Å²) < 4.78 is 52.5. The molecule has 0 unspecified atom stereocenters. The molecular formula is C11H6F4N2O2S. The van der Waals surface area contributed by atoms with E-state index in [1.54, 1.807) is 0 Å². The van der Waals surface area contributed by atoms with Gasteiger partial charge in [-0.15, -0.1) is 11.3 Å². The summed E-state index contributed by atoms with van der Waals surface area (Å²) in [7, 11) is 0. The molecule has 1 aromatic carbocycles. The molecule has 2 N–H and O–H groups in total. The fourth-order valence-electron chi connectivity index (χ4n) is 1.39. The Morgan fingerprint density at radius 1 is 1.25 bits per heavy atom. The normalized spacial score (nSPS) is 10.6. The lowest BCUT2D eigenvalue weighted by atomic mass is 10.2. The Bertz CT molecular complexity index is 648. The van der Waals surface area contributed by atoms with Crippen molar-refractivity contribution >= 4 is 23.0 Å². The van der Waals surface area contributed by atoms with Gasteiger partial charge in [0.2, 0.25) is 5.01 Å². The van der Waals surface area contributed by atoms with Gasteiger partial charge in [-0.3, -0.25) is 0 Å². The molecule has 2 aromatic rings. The number of aromatic carboxylic acids is 1. The summed E-state index contributed by atoms with van der Waals surface area (Å²) in [5.41, 5.74) is -0.789. The van der Waals surface area contributed by atoms with Gasteiger partial charge in [0.15, 0.2) is 23.3 Å². The lowest BCUT2D eigenvalue weighted by Gasteiger charge is -2.08. The number of thiazole rings is 1. The van der Waals surface area contributed by atoms with Crippen molar-refractivity contribution < 1.29 is 27.5 Å². The van der Waals surface area contributed by atoms with Gasteiger partial charge < -0.3 is 10.4 Å². The van der Waals surface area contributed by atoms with Gasteiger partial charge in [-0.2, -0.15) is 0 Å². The average Bonchev–Trinajstić information content (AvgIpc) is 2.85. The van der Waals surface area contributed by atoms with E-state index in [9.17, 15) is 22.4 Å². The molecule has 9 heteroatoms. The van der Waals surface area contributed by atoms with Crippen molar-refractivity contribution in [3.8, 4) is 0 Å². The zero-order valence-electron chi connectivity index (χ0n) is 9.58. The first-order chi connectivity index (χ1) is 9.40. The van der Waals surface area contributed by atoms with Crippen LogP contribution in [0, 0.1) is 23.3 Å². The molecule has 0 saturated heterocycles. The molecule has 0 atom stereocenters. The second-order valence-corrected chi connectivity index (χ2v) is 4.50. The number of halogens is 4. The van der Waals surface area contributed by atoms with E-state index in [1.807, 2.05) is 0 Å². The topological polar surface area (TPSA) is 62.2 Å². The molecule has 0 saturated carbocycles. The third-order valence-electron chi connectivity index (χ3n) is 2.29. The number of carboxylic acid groups (broad SMARTS) is 1. The van der Waals surface area contributed by atoms with Crippen molar-refractivity contribution in [3.63, 3.8) is 0 Å². The standard InChI is InChI=1S/C11H6F4N2O2S/c12-5-1-6(13)8(15)9(7(5)14)16-2-4-3-20-10(17-4)11(18)19/h1,3,16H,2H2,(H,18,19). The average molecular weight is 306 g/mol. The Kier molecular flexibility index (Phi) is 3.89. The highest BCUT2D eigenvalue weighted by Crippen LogP contribution is 2.24. The van der Waals surface area contributed by atoms with Gasteiger partial charge >= 0.3 is 5.97 Å². The smallest absolute Gasteiger partial charge is 0.365 e. The molecule has 0 aliphatic carbocycles. The molecular weight excluding hydrogens is 300 g/mol. The van der Waals surface area contributed by atoms with Crippen LogP contribution in [-0.4, -0.2) is 16.1 Å². The van der Waals surface area contributed by atoms with E-state index in [-0.39, 0.29) is 23.3 Å². The first kappa shape index (κ1) is 14.3. The maximum Gasteiger partial charge on any atom is 0.365 e. The van der Waals surface area contributed by atoms with Gasteiger partial charge in [0.25, 0.3) is 0 Å². The minimum absolute atomic E-state index is 0.0984. The fraction of sp³-hybridized carbons (Fsp3) is 0.0909. The van der Waals surface area contributed by atoms with E-state index in [4.69, 9.17) is 5.11 Å². The number of hydrogen-bond donors (Lipinski definition) is 2. The van der Waals surface area contributed by atoms with E-state index < -0.39 is 34.9 Å². The zero-order valence-corrected chi connectivity index (χ0v) is 10.4. The van der Waals surface area contributed by atoms with Crippen molar-refractivity contribution in [2.45, 2.75) is 6.54 Å². The number of benzene rings is 1. The maximum atomic E-state index is 13.3. The first-order valence-corrected chi connectivity index (χ1v) is 6.02. The van der Waals surface area contributed by atoms with Gasteiger partial charge in [-0.05, 0) is 0 Å². The van der Waals surface area contributed by atoms with E-state index >= 15 is 0 Å². The maximum absolute atomic E-state index is 13.3. The van der Waals surface area contributed by atoms with Crippen LogP contribution in [0.25, 0.3) is 0 Å². The van der Waals surface area contributed by atoms with E-state index in [0.717, 1.165) is 11.3 Å². The molecule has 0 fully saturated rings. The van der Waals surface area contributed by atoms with Crippen LogP contribution in [0.4, 0.5) is 23.2 Å². The number of aromatic nitrogens is 1. The molecule has 2 rings (SSSR count). The molecule has 0 aliphatic heterocycles. The summed E-state index contributed by atoms with van der Waals surface area (Å²) in [4.78, 5) is 14.2. The molecule has 106 valence electrons. The van der Waals surface area contributed by atoms with Crippen LogP contribution in [0.5, 0.6) is 0 Å². The van der Waals surface area contributed by atoms with Crippen LogP contribution in [0.15, 0.2) is 11.4 Å². The van der Waals surface area contributed by atoms with Crippen LogP contribution in [0.2, 0.25) is 0 Å². The first-order valence-electron chi connectivity index (χ1n) is 5.14. The molecule has 0 aliphatic rings. The molecule has 4 nitrogen and oxygen atoms in total. The summed E-state index contributed by atoms with van der Waals surface area (Å²) in [6, 6.07) is 0.0984. The molecule has 0 amide bonds. The molecule has 1 heterocycles. The van der Waals surface area contributed by atoms with Crippen molar-refractivity contribution in [1.82, 2.24) is 4.98 Å². The lowest BCUT2D eigenvalue weighted by molar-refractivity contribution is 0.0696. The highest BCUT2D eigenvalue weighted by Gasteiger charge is 2.19. The minimum Gasteiger partial charge on any atom is -0.476 e. The molecule has 1 aromatic heterocycles. The summed E-state index contributed by atoms with van der Waals surface area (Å²) in [5.74, 6) is -7.42. The summed E-state index contributed by atoms with van der Waals surface area (Å²) >= 11 is 0.821. The van der Waals surface area contributed by atoms with Gasteiger partial charge in [-0.25, -0.2) is 27.3 Å². The van der Waals surface area contributed by atoms with Gasteiger partial charge in [0, 0.05) is 11.4 Å². The van der Waals surface area contributed by atoms with Crippen LogP contribution < -0.4 is 5.32 Å². The molecule has 0 bridgehead atoms. The summed E-state index contributed by atoms with van der Waals surface area (Å²) in [6.45, 7) is -0.277. The SMILES string of the molecule is O=C(O)c1nc(CNc2c(F)c(F)cc(F)c2F)cs1. The fourth-order valence-corrected chi connectivity index (χ4v) is 2.05. The predicted octanol–water partition coefficient (Wildman–Crippen LogP) is 3.01. The van der Waals surface area contributed by atoms with Gasteiger partial charge in [0.05, 0.1) is 12.2 Å². The van der Waals surface area contributed by atoms with Crippen LogP contribution in [0.3, 0.4) is 0 Å². The van der Waals surface area contributed by atoms with Crippen LogP contribution in [0.1, 0.15) is 15.5 Å². The highest BCUT2D eigenvalue weighted by atomic mass is 32.1. The number of anilines is 1. The second kappa shape index (κ2) is 5.45. The summed E-state index contributed by atoms with van der Waals surface area (Å²) in [6.07, 6.45) is 0. The molecule has 20 heavy (non-hydrogen) atoms. The van der Waals surface area contributed by atoms with Crippen LogP contribution in [-0.2, 0) is 6.54 Å². The quantitative estimate of drug-likeness (QED) is 0.673. The number of nitrogens with zero attached hydrogens (tertiary/aromatic N) is 1. The Labute approximate surface area is 113 Å². The largest absolute Gasteiger partial charge is 0.476 e. The second-order valence-electron chi connectivity index (χ2n) is 3.65. The van der Waals surface area contributed by atoms with E-state index in [1.165, 1.54) is 5.38 Å². The number of carbonyl (C=O) groups is 1. The van der Waals surface area contributed by atoms with E-state index in [0.29, 0.717) is 0 Å². The van der Waals surface area contributed by atoms with Crippen molar-refractivity contribution in [1.29, 1.82) is 0 Å². The monoisotopic (exact) mass is 306 g/mol. The minimum atomic E-state index is -1.56. The van der Waals surface area contributed by atoms with E-state index in [2.05, 4.69) is 10.3 Å². The van der Waals surface area contributed by atoms with Crippen molar-refractivity contribution in [2.75, 3.05) is 5.32 Å². The number of nitrogens with one attached hydrogen (secondary N) is 1. The summed E-state index contributed by atoms with van der Waals surface area (Å²) in [5, 5.41) is 12.0. The number of rotatable bonds is 4. The highest BCUT2D eigenvalue weighted by molar-refractivity contribution is 7.11. The Hall–Kier alpha value is -2.16. The molecule has 0 spiro atoms. The van der Waals surface area contributed by atoms with Crippen LogP contribution >= 0.6 is 11.3 Å². The predicted molar refractivity (Wildman–Crippen MR) is 62.7 cm³/mol. The Morgan fingerprint density at radius 2 is 1.85 bits per heavy atom. The van der Waals surface area contributed by atoms with Gasteiger partial charge in [-0.1, -0.05) is 0 Å². The molecule has 0 radical (unpaired) electrons. The van der Waals surface area contributed by atoms with Gasteiger partial charge in [0.1, 0.15) is 5.69 Å².